The lowest BCUT2D eigenvalue weighted by molar-refractivity contribution is -0.146. The van der Waals surface area contributed by atoms with Crippen LogP contribution < -0.4 is 0 Å². The van der Waals surface area contributed by atoms with E-state index in [9.17, 15) is 15.2 Å². The lowest BCUT2D eigenvalue weighted by atomic mass is 9.74. The summed E-state index contributed by atoms with van der Waals surface area (Å²) in [6.07, 6.45) is 5.69. The number of aromatic nitrogens is 1. The Kier molecular flexibility index (Phi) is 5.45. The van der Waals surface area contributed by atoms with Gasteiger partial charge in [-0.25, -0.2) is 0 Å². The molecule has 1 saturated heterocycles. The number of aliphatic hydroxyl groups excluding tert-OH is 1. The number of hydrogen-bond donors (Lipinski definition) is 1. The monoisotopic (exact) mass is 347 g/mol. The van der Waals surface area contributed by atoms with E-state index in [1.165, 1.54) is 4.90 Å². The molecule has 1 amide bonds. The van der Waals surface area contributed by atoms with Crippen molar-refractivity contribution in [1.29, 1.82) is 5.26 Å². The fraction of sp³-hybridized carbons (Fsp3) is 0.286. The minimum absolute atomic E-state index is 0.124. The molecule has 0 spiro atoms. The molecule has 1 aliphatic heterocycles. The molecule has 0 saturated carbocycles. The van der Waals surface area contributed by atoms with Crippen LogP contribution in [-0.4, -0.2) is 39.6 Å². The molecule has 1 aromatic carbocycles. The molecule has 26 heavy (non-hydrogen) atoms. The van der Waals surface area contributed by atoms with Crippen molar-refractivity contribution in [3.63, 3.8) is 0 Å². The van der Waals surface area contributed by atoms with Crippen molar-refractivity contribution >= 4 is 12.0 Å². The highest BCUT2D eigenvalue weighted by Crippen LogP contribution is 2.42. The van der Waals surface area contributed by atoms with Crippen molar-refractivity contribution in [2.45, 2.75) is 31.3 Å². The molecule has 0 unspecified atom stereocenters. The second-order valence-electron chi connectivity index (χ2n) is 6.28. The van der Waals surface area contributed by atoms with Gasteiger partial charge in [0.1, 0.15) is 6.04 Å². The van der Waals surface area contributed by atoms with Crippen LogP contribution in [0.15, 0.2) is 54.7 Å². The van der Waals surface area contributed by atoms with Crippen molar-refractivity contribution in [1.82, 2.24) is 9.88 Å². The van der Waals surface area contributed by atoms with E-state index in [4.69, 9.17) is 0 Å². The number of carbonyl (C=O) groups excluding carboxylic acids is 1. The van der Waals surface area contributed by atoms with E-state index in [1.807, 2.05) is 49.4 Å². The van der Waals surface area contributed by atoms with E-state index < -0.39 is 12.1 Å². The molecule has 2 heterocycles. The standard InChI is InChI=1S/C21H21N3O2/c1-2-7-15-8-3-4-10-17(15)21-18(13-22)24(19(21)14-25)20(26)12-16-9-5-6-11-23-16/h2-11,18-19,21,25H,12,14H2,1H3/b7-2+/t18-,19+,21-/m1/s1. The highest BCUT2D eigenvalue weighted by Gasteiger charge is 2.51. The minimum atomic E-state index is -0.588. The zero-order valence-corrected chi connectivity index (χ0v) is 14.6. The van der Waals surface area contributed by atoms with Crippen molar-refractivity contribution in [3.8, 4) is 6.07 Å². The van der Waals surface area contributed by atoms with Crippen molar-refractivity contribution in [2.24, 2.45) is 0 Å². The SMILES string of the molecule is C/C=C/c1ccccc1[C@@H]1[C@@H](C#N)N(C(=O)Cc2ccccn2)[C@H]1CO. The maximum Gasteiger partial charge on any atom is 0.230 e. The van der Waals surface area contributed by atoms with Gasteiger partial charge in [0.25, 0.3) is 0 Å². The third kappa shape index (κ3) is 3.24. The van der Waals surface area contributed by atoms with Crippen LogP contribution in [0.25, 0.3) is 6.08 Å². The molecule has 2 aromatic rings. The Balaban J connectivity index is 1.87. The average Bonchev–Trinajstić information content (AvgIpc) is 2.64. The van der Waals surface area contributed by atoms with Gasteiger partial charge in [-0.2, -0.15) is 5.26 Å². The maximum absolute atomic E-state index is 12.7. The Bertz CT molecular complexity index is 842. The predicted octanol–water partition coefficient (Wildman–Crippen LogP) is 2.54. The summed E-state index contributed by atoms with van der Waals surface area (Å²) in [5.41, 5.74) is 2.65. The minimum Gasteiger partial charge on any atom is -0.394 e. The Labute approximate surface area is 153 Å². The van der Waals surface area contributed by atoms with Gasteiger partial charge in [-0.3, -0.25) is 9.78 Å². The first-order valence-corrected chi connectivity index (χ1v) is 8.64. The van der Waals surface area contributed by atoms with Crippen LogP contribution in [0.4, 0.5) is 0 Å². The molecule has 1 N–H and O–H groups in total. The molecule has 0 bridgehead atoms. The van der Waals surface area contributed by atoms with E-state index in [0.29, 0.717) is 5.69 Å². The van der Waals surface area contributed by atoms with Gasteiger partial charge < -0.3 is 10.0 Å². The van der Waals surface area contributed by atoms with Gasteiger partial charge >= 0.3 is 0 Å². The average molecular weight is 347 g/mol. The van der Waals surface area contributed by atoms with Crippen LogP contribution in [0.1, 0.15) is 29.7 Å². The summed E-state index contributed by atoms with van der Waals surface area (Å²) in [5, 5.41) is 19.6. The number of rotatable bonds is 5. The Morgan fingerprint density at radius 3 is 2.73 bits per heavy atom. The lowest BCUT2D eigenvalue weighted by Crippen LogP contribution is -2.65. The number of likely N-dealkylation sites (tertiary alicyclic amines) is 1. The molecule has 1 fully saturated rings. The Morgan fingerprint density at radius 1 is 1.31 bits per heavy atom. The topological polar surface area (TPSA) is 77.2 Å². The Hall–Kier alpha value is -2.97. The summed E-state index contributed by atoms with van der Waals surface area (Å²) in [5.74, 6) is -0.390. The van der Waals surface area contributed by atoms with Crippen molar-refractivity contribution in [3.05, 3.63) is 71.6 Å². The molecule has 0 aliphatic carbocycles. The molecular weight excluding hydrogens is 326 g/mol. The van der Waals surface area contributed by atoms with E-state index in [0.717, 1.165) is 11.1 Å². The van der Waals surface area contributed by atoms with Gasteiger partial charge in [0.15, 0.2) is 0 Å². The molecule has 132 valence electrons. The predicted molar refractivity (Wildman–Crippen MR) is 99.0 cm³/mol. The zero-order valence-electron chi connectivity index (χ0n) is 14.6. The van der Waals surface area contributed by atoms with Gasteiger partial charge in [0.2, 0.25) is 5.91 Å². The summed E-state index contributed by atoms with van der Waals surface area (Å²) in [6.45, 7) is 1.76. The number of nitriles is 1. The summed E-state index contributed by atoms with van der Waals surface area (Å²) in [6, 6.07) is 14.5. The molecule has 5 heteroatoms. The molecule has 5 nitrogen and oxygen atoms in total. The molecule has 3 atom stereocenters. The molecule has 1 aromatic heterocycles. The first-order valence-electron chi connectivity index (χ1n) is 8.64. The van der Waals surface area contributed by atoms with Crippen LogP contribution in [-0.2, 0) is 11.2 Å². The summed E-state index contributed by atoms with van der Waals surface area (Å²) in [7, 11) is 0. The second-order valence-corrected chi connectivity index (χ2v) is 6.28. The number of allylic oxidation sites excluding steroid dienone is 1. The van der Waals surface area contributed by atoms with Crippen LogP contribution in [0, 0.1) is 11.3 Å². The van der Waals surface area contributed by atoms with E-state index in [-0.39, 0.29) is 24.9 Å². The van der Waals surface area contributed by atoms with E-state index in [2.05, 4.69) is 11.1 Å². The van der Waals surface area contributed by atoms with Gasteiger partial charge in [-0.15, -0.1) is 0 Å². The normalized spacial score (nSPS) is 22.0. The third-order valence-electron chi connectivity index (χ3n) is 4.78. The number of carbonyl (C=O) groups is 1. The Morgan fingerprint density at radius 2 is 2.08 bits per heavy atom. The summed E-state index contributed by atoms with van der Waals surface area (Å²) >= 11 is 0. The van der Waals surface area contributed by atoms with Crippen molar-refractivity contribution in [2.75, 3.05) is 6.61 Å². The fourth-order valence-corrected chi connectivity index (χ4v) is 3.62. The first-order chi connectivity index (χ1) is 12.7. The van der Waals surface area contributed by atoms with Gasteiger partial charge in [-0.05, 0) is 30.2 Å². The number of pyridine rings is 1. The lowest BCUT2D eigenvalue weighted by Gasteiger charge is -2.52. The van der Waals surface area contributed by atoms with Crippen LogP contribution in [0.5, 0.6) is 0 Å². The molecule has 0 radical (unpaired) electrons. The smallest absolute Gasteiger partial charge is 0.230 e. The maximum atomic E-state index is 12.7. The van der Waals surface area contributed by atoms with Crippen LogP contribution in [0.2, 0.25) is 0 Å². The van der Waals surface area contributed by atoms with Gasteiger partial charge in [-0.1, -0.05) is 42.5 Å². The van der Waals surface area contributed by atoms with Gasteiger partial charge in [0, 0.05) is 17.8 Å². The summed E-state index contributed by atoms with van der Waals surface area (Å²) < 4.78 is 0. The summed E-state index contributed by atoms with van der Waals surface area (Å²) in [4.78, 5) is 18.4. The van der Waals surface area contributed by atoms with E-state index >= 15 is 0 Å². The zero-order chi connectivity index (χ0) is 18.5. The first kappa shape index (κ1) is 17.8. The van der Waals surface area contributed by atoms with Gasteiger partial charge in [0.05, 0.1) is 25.1 Å². The van der Waals surface area contributed by atoms with Crippen LogP contribution >= 0.6 is 0 Å². The molecule has 1 aliphatic rings. The second kappa shape index (κ2) is 7.94. The highest BCUT2D eigenvalue weighted by atomic mass is 16.3. The number of hydrogen-bond acceptors (Lipinski definition) is 4. The van der Waals surface area contributed by atoms with Crippen LogP contribution in [0.3, 0.4) is 0 Å². The number of aliphatic hydroxyl groups is 1. The number of benzene rings is 1. The largest absolute Gasteiger partial charge is 0.394 e. The quantitative estimate of drug-likeness (QED) is 0.902. The molecular formula is C21H21N3O2. The van der Waals surface area contributed by atoms with Crippen molar-refractivity contribution < 1.29 is 9.90 Å². The number of amides is 1. The fourth-order valence-electron chi connectivity index (χ4n) is 3.62. The highest BCUT2D eigenvalue weighted by molar-refractivity contribution is 5.81. The van der Waals surface area contributed by atoms with E-state index in [1.54, 1.807) is 18.3 Å². The number of nitrogens with zero attached hydrogens (tertiary/aromatic N) is 3. The third-order valence-corrected chi connectivity index (χ3v) is 4.78. The molecule has 3 rings (SSSR count).